The van der Waals surface area contributed by atoms with Gasteiger partial charge in [-0.05, 0) is 47.7 Å². The van der Waals surface area contributed by atoms with Gasteiger partial charge in [-0.25, -0.2) is 4.79 Å². The number of carbonyl (C=O) groups excluding carboxylic acids is 1. The average Bonchev–Trinajstić information content (AvgIpc) is 2.98. The molecule has 4 nitrogen and oxygen atoms in total. The summed E-state index contributed by atoms with van der Waals surface area (Å²) in [6.07, 6.45) is 0.992. The average molecular weight is 337 g/mol. The first kappa shape index (κ1) is 17.2. The van der Waals surface area contributed by atoms with Gasteiger partial charge in [-0.15, -0.1) is 0 Å². The number of fused-ring (bicyclic) bond motifs is 3. The van der Waals surface area contributed by atoms with Gasteiger partial charge in [-0.1, -0.05) is 36.9 Å². The number of rotatable bonds is 8. The first-order valence-electron chi connectivity index (χ1n) is 8.50. The SMILES string of the molecule is C=C(C)C(=O)OCCOCCNc1ccc2c(c1)Cc1ccccc1-2. The van der Waals surface area contributed by atoms with Crippen molar-refractivity contribution >= 4 is 11.7 Å². The fourth-order valence-corrected chi connectivity index (χ4v) is 2.94. The Kier molecular flexibility index (Phi) is 5.51. The van der Waals surface area contributed by atoms with Crippen LogP contribution in [0, 0.1) is 0 Å². The number of carbonyl (C=O) groups is 1. The van der Waals surface area contributed by atoms with E-state index in [4.69, 9.17) is 9.47 Å². The summed E-state index contributed by atoms with van der Waals surface area (Å²) in [6.45, 7) is 7.06. The smallest absolute Gasteiger partial charge is 0.333 e. The van der Waals surface area contributed by atoms with Crippen LogP contribution in [0.5, 0.6) is 0 Å². The zero-order chi connectivity index (χ0) is 17.6. The number of esters is 1. The molecule has 2 aromatic carbocycles. The standard InChI is InChI=1S/C21H23NO3/c1-15(2)21(23)25-12-11-24-10-9-22-18-7-8-20-17(14-18)13-16-5-3-4-6-19(16)20/h3-8,14,22H,1,9-13H2,2H3. The molecule has 1 N–H and O–H groups in total. The van der Waals surface area contributed by atoms with Gasteiger partial charge in [-0.3, -0.25) is 0 Å². The van der Waals surface area contributed by atoms with Crippen molar-refractivity contribution in [3.05, 3.63) is 65.7 Å². The van der Waals surface area contributed by atoms with E-state index in [9.17, 15) is 4.79 Å². The molecule has 0 saturated heterocycles. The first-order valence-corrected chi connectivity index (χ1v) is 8.50. The predicted octanol–water partition coefficient (Wildman–Crippen LogP) is 3.81. The highest BCUT2D eigenvalue weighted by atomic mass is 16.6. The summed E-state index contributed by atoms with van der Waals surface area (Å²) in [5.74, 6) is -0.374. The van der Waals surface area contributed by atoms with Crippen LogP contribution in [0.15, 0.2) is 54.6 Å². The maximum absolute atomic E-state index is 11.2. The Bertz CT molecular complexity index is 782. The molecular weight excluding hydrogens is 314 g/mol. The summed E-state index contributed by atoms with van der Waals surface area (Å²) in [7, 11) is 0. The van der Waals surface area contributed by atoms with E-state index < -0.39 is 0 Å². The Morgan fingerprint density at radius 2 is 1.88 bits per heavy atom. The molecule has 0 saturated carbocycles. The van der Waals surface area contributed by atoms with Crippen LogP contribution in [0.4, 0.5) is 5.69 Å². The molecule has 1 aliphatic carbocycles. The van der Waals surface area contributed by atoms with Gasteiger partial charge in [0.25, 0.3) is 0 Å². The monoisotopic (exact) mass is 337 g/mol. The first-order chi connectivity index (χ1) is 12.1. The van der Waals surface area contributed by atoms with Crippen molar-refractivity contribution in [2.24, 2.45) is 0 Å². The summed E-state index contributed by atoms with van der Waals surface area (Å²) >= 11 is 0. The molecule has 3 rings (SSSR count). The molecule has 2 aromatic rings. The summed E-state index contributed by atoms with van der Waals surface area (Å²) in [4.78, 5) is 11.2. The zero-order valence-electron chi connectivity index (χ0n) is 14.5. The number of nitrogens with one attached hydrogen (secondary N) is 1. The molecule has 4 heteroatoms. The molecule has 0 radical (unpaired) electrons. The maximum Gasteiger partial charge on any atom is 0.333 e. The van der Waals surface area contributed by atoms with Gasteiger partial charge in [0.15, 0.2) is 0 Å². The van der Waals surface area contributed by atoms with Crippen LogP contribution >= 0.6 is 0 Å². The molecular formula is C21H23NO3. The molecule has 0 amide bonds. The van der Waals surface area contributed by atoms with Gasteiger partial charge in [0, 0.05) is 17.8 Å². The third-order valence-electron chi connectivity index (χ3n) is 4.18. The lowest BCUT2D eigenvalue weighted by Gasteiger charge is -2.09. The van der Waals surface area contributed by atoms with Crippen LogP contribution in [0.3, 0.4) is 0 Å². The minimum Gasteiger partial charge on any atom is -0.460 e. The summed E-state index contributed by atoms with van der Waals surface area (Å²) < 4.78 is 10.4. The topological polar surface area (TPSA) is 47.6 Å². The molecule has 0 bridgehead atoms. The molecule has 0 unspecified atom stereocenters. The zero-order valence-corrected chi connectivity index (χ0v) is 14.5. The highest BCUT2D eigenvalue weighted by Gasteiger charge is 2.17. The lowest BCUT2D eigenvalue weighted by molar-refractivity contribution is -0.140. The van der Waals surface area contributed by atoms with Crippen molar-refractivity contribution in [2.75, 3.05) is 31.7 Å². The van der Waals surface area contributed by atoms with Gasteiger partial charge in [0.1, 0.15) is 6.61 Å². The van der Waals surface area contributed by atoms with E-state index in [0.717, 1.165) is 12.1 Å². The second-order valence-corrected chi connectivity index (χ2v) is 6.16. The number of hydrogen-bond acceptors (Lipinski definition) is 4. The minimum absolute atomic E-state index is 0.253. The largest absolute Gasteiger partial charge is 0.460 e. The molecule has 0 aromatic heterocycles. The molecule has 25 heavy (non-hydrogen) atoms. The van der Waals surface area contributed by atoms with Crippen molar-refractivity contribution < 1.29 is 14.3 Å². The summed E-state index contributed by atoms with van der Waals surface area (Å²) in [5, 5.41) is 3.37. The second-order valence-electron chi connectivity index (χ2n) is 6.16. The third-order valence-corrected chi connectivity index (χ3v) is 4.18. The molecule has 0 heterocycles. The minimum atomic E-state index is -0.374. The lowest BCUT2D eigenvalue weighted by Crippen LogP contribution is -2.14. The van der Waals surface area contributed by atoms with Gasteiger partial charge < -0.3 is 14.8 Å². The van der Waals surface area contributed by atoms with Crippen molar-refractivity contribution in [3.8, 4) is 11.1 Å². The van der Waals surface area contributed by atoms with Crippen LogP contribution in [0.2, 0.25) is 0 Å². The van der Waals surface area contributed by atoms with Gasteiger partial charge in [-0.2, -0.15) is 0 Å². The van der Waals surface area contributed by atoms with E-state index >= 15 is 0 Å². The Morgan fingerprint density at radius 3 is 2.72 bits per heavy atom. The molecule has 0 fully saturated rings. The molecule has 0 aliphatic heterocycles. The van der Waals surface area contributed by atoms with E-state index in [-0.39, 0.29) is 12.6 Å². The highest BCUT2D eigenvalue weighted by molar-refractivity contribution is 5.86. The van der Waals surface area contributed by atoms with Crippen molar-refractivity contribution in [3.63, 3.8) is 0 Å². The van der Waals surface area contributed by atoms with E-state index in [2.05, 4.69) is 54.4 Å². The van der Waals surface area contributed by atoms with Crippen LogP contribution in [-0.4, -0.2) is 32.3 Å². The van der Waals surface area contributed by atoms with Crippen molar-refractivity contribution in [2.45, 2.75) is 13.3 Å². The van der Waals surface area contributed by atoms with Crippen molar-refractivity contribution in [1.29, 1.82) is 0 Å². The quantitative estimate of drug-likeness (QED) is 0.386. The normalized spacial score (nSPS) is 11.6. The van der Waals surface area contributed by atoms with Crippen molar-refractivity contribution in [1.82, 2.24) is 0 Å². The van der Waals surface area contributed by atoms with Crippen LogP contribution in [0.1, 0.15) is 18.1 Å². The molecule has 0 spiro atoms. The lowest BCUT2D eigenvalue weighted by atomic mass is 10.1. The molecule has 1 aliphatic rings. The Morgan fingerprint density at radius 1 is 1.08 bits per heavy atom. The van der Waals surface area contributed by atoms with Crippen LogP contribution in [0.25, 0.3) is 11.1 Å². The Balaban J connectivity index is 1.40. The van der Waals surface area contributed by atoms with E-state index in [1.807, 2.05) is 0 Å². The highest BCUT2D eigenvalue weighted by Crippen LogP contribution is 2.37. The molecule has 0 atom stereocenters. The number of anilines is 1. The predicted molar refractivity (Wildman–Crippen MR) is 99.8 cm³/mol. The van der Waals surface area contributed by atoms with Gasteiger partial charge in [0.2, 0.25) is 0 Å². The third kappa shape index (κ3) is 4.28. The van der Waals surface area contributed by atoms with E-state index in [0.29, 0.717) is 25.3 Å². The fourth-order valence-electron chi connectivity index (χ4n) is 2.94. The number of benzene rings is 2. The van der Waals surface area contributed by atoms with Crippen LogP contribution < -0.4 is 5.32 Å². The molecule has 130 valence electrons. The number of hydrogen-bond donors (Lipinski definition) is 1. The number of ether oxygens (including phenoxy) is 2. The van der Waals surface area contributed by atoms with Gasteiger partial charge >= 0.3 is 5.97 Å². The fraction of sp³-hybridized carbons (Fsp3) is 0.286. The van der Waals surface area contributed by atoms with Gasteiger partial charge in [0.05, 0.1) is 13.2 Å². The Labute approximate surface area is 148 Å². The van der Waals surface area contributed by atoms with E-state index in [1.54, 1.807) is 6.92 Å². The Hall–Kier alpha value is -2.59. The summed E-state index contributed by atoms with van der Waals surface area (Å²) in [5.41, 5.74) is 6.93. The maximum atomic E-state index is 11.2. The van der Waals surface area contributed by atoms with E-state index in [1.165, 1.54) is 22.3 Å². The summed E-state index contributed by atoms with van der Waals surface area (Å²) in [6, 6.07) is 15.1. The second kappa shape index (κ2) is 7.99. The van der Waals surface area contributed by atoms with Crippen LogP contribution in [-0.2, 0) is 20.7 Å².